The van der Waals surface area contributed by atoms with E-state index < -0.39 is 11.7 Å². The van der Waals surface area contributed by atoms with E-state index in [0.717, 1.165) is 30.8 Å². The normalized spacial score (nSPS) is 25.1. The van der Waals surface area contributed by atoms with Crippen molar-refractivity contribution >= 4 is 0 Å². The molecule has 100 valence electrons. The molecule has 0 aromatic heterocycles. The van der Waals surface area contributed by atoms with Crippen LogP contribution in [0.25, 0.3) is 0 Å². The smallest absolute Gasteiger partial charge is 0.122 e. The summed E-state index contributed by atoms with van der Waals surface area (Å²) in [5.74, 6) is 0.834. The first-order valence-electron chi connectivity index (χ1n) is 6.51. The van der Waals surface area contributed by atoms with E-state index in [0.29, 0.717) is 6.42 Å². The van der Waals surface area contributed by atoms with Crippen LogP contribution in [0.2, 0.25) is 0 Å². The van der Waals surface area contributed by atoms with Gasteiger partial charge in [-0.3, -0.25) is 0 Å². The van der Waals surface area contributed by atoms with Crippen molar-refractivity contribution < 1.29 is 14.6 Å². The van der Waals surface area contributed by atoms with Crippen LogP contribution in [0.15, 0.2) is 18.2 Å². The van der Waals surface area contributed by atoms with E-state index >= 15 is 0 Å². The van der Waals surface area contributed by atoms with Gasteiger partial charge in [0.2, 0.25) is 0 Å². The van der Waals surface area contributed by atoms with Gasteiger partial charge in [0.05, 0.1) is 18.8 Å². The van der Waals surface area contributed by atoms with E-state index in [-0.39, 0.29) is 0 Å². The third-order valence-electron chi connectivity index (χ3n) is 3.80. The zero-order valence-electron chi connectivity index (χ0n) is 11.4. The Bertz CT molecular complexity index is 408. The summed E-state index contributed by atoms with van der Waals surface area (Å²) in [5.41, 5.74) is 1.81. The van der Waals surface area contributed by atoms with Gasteiger partial charge in [-0.15, -0.1) is 0 Å². The molecule has 0 amide bonds. The van der Waals surface area contributed by atoms with Crippen molar-refractivity contribution in [2.75, 3.05) is 13.7 Å². The minimum Gasteiger partial charge on any atom is -0.496 e. The van der Waals surface area contributed by atoms with Gasteiger partial charge in [0.25, 0.3) is 0 Å². The Morgan fingerprint density at radius 2 is 2.28 bits per heavy atom. The fourth-order valence-electron chi connectivity index (χ4n) is 2.55. The molecule has 18 heavy (non-hydrogen) atoms. The van der Waals surface area contributed by atoms with Crippen molar-refractivity contribution in [2.45, 2.75) is 44.8 Å². The Labute approximate surface area is 109 Å². The molecular weight excluding hydrogens is 228 g/mol. The molecule has 1 N–H and O–H groups in total. The fraction of sp³-hybridized carbons (Fsp3) is 0.600. The van der Waals surface area contributed by atoms with Crippen LogP contribution in [0.5, 0.6) is 5.75 Å². The molecule has 2 unspecified atom stereocenters. The highest BCUT2D eigenvalue weighted by molar-refractivity contribution is 5.37. The third-order valence-corrected chi connectivity index (χ3v) is 3.80. The number of rotatable bonds is 4. The van der Waals surface area contributed by atoms with Gasteiger partial charge in [-0.05, 0) is 38.3 Å². The predicted octanol–water partition coefficient (Wildman–Crippen LogP) is 2.48. The molecule has 1 heterocycles. The molecule has 1 aliphatic rings. The number of ether oxygens (including phenoxy) is 2. The largest absolute Gasteiger partial charge is 0.496 e. The van der Waals surface area contributed by atoms with E-state index in [1.165, 1.54) is 5.56 Å². The summed E-state index contributed by atoms with van der Waals surface area (Å²) in [6.07, 6.45) is 2.03. The van der Waals surface area contributed by atoms with Crippen LogP contribution in [0, 0.1) is 6.92 Å². The Morgan fingerprint density at radius 1 is 1.50 bits per heavy atom. The lowest BCUT2D eigenvalue weighted by atomic mass is 9.90. The maximum atomic E-state index is 10.4. The molecular formula is C15H22O3. The van der Waals surface area contributed by atoms with Crippen LogP contribution in [0.3, 0.4) is 0 Å². The van der Waals surface area contributed by atoms with Crippen LogP contribution in [-0.2, 0) is 11.2 Å². The Hall–Kier alpha value is -1.06. The molecule has 1 fully saturated rings. The first-order chi connectivity index (χ1) is 8.55. The second-order valence-electron chi connectivity index (χ2n) is 5.30. The van der Waals surface area contributed by atoms with Crippen LogP contribution in [0.4, 0.5) is 0 Å². The summed E-state index contributed by atoms with van der Waals surface area (Å²) in [4.78, 5) is 0. The van der Waals surface area contributed by atoms with E-state index in [1.54, 1.807) is 7.11 Å². The molecule has 1 aromatic carbocycles. The highest BCUT2D eigenvalue weighted by atomic mass is 16.5. The molecule has 3 heteroatoms. The van der Waals surface area contributed by atoms with Gasteiger partial charge < -0.3 is 14.6 Å². The second-order valence-corrected chi connectivity index (χ2v) is 5.30. The zero-order chi connectivity index (χ0) is 13.2. The first kappa shape index (κ1) is 13.4. The Kier molecular flexibility index (Phi) is 3.93. The highest BCUT2D eigenvalue weighted by Gasteiger charge is 2.37. The predicted molar refractivity (Wildman–Crippen MR) is 71.0 cm³/mol. The maximum absolute atomic E-state index is 10.4. The minimum atomic E-state index is -0.490. The summed E-state index contributed by atoms with van der Waals surface area (Å²) >= 11 is 0. The van der Waals surface area contributed by atoms with Crippen LogP contribution in [0.1, 0.15) is 30.9 Å². The van der Waals surface area contributed by atoms with E-state index in [1.807, 2.05) is 26.0 Å². The van der Waals surface area contributed by atoms with Crippen molar-refractivity contribution in [2.24, 2.45) is 0 Å². The van der Waals surface area contributed by atoms with Gasteiger partial charge in [-0.25, -0.2) is 0 Å². The van der Waals surface area contributed by atoms with E-state index in [4.69, 9.17) is 9.47 Å². The van der Waals surface area contributed by atoms with Crippen LogP contribution in [-0.4, -0.2) is 30.5 Å². The van der Waals surface area contributed by atoms with E-state index in [9.17, 15) is 5.11 Å². The second kappa shape index (κ2) is 5.29. The molecule has 2 atom stereocenters. The monoisotopic (exact) mass is 250 g/mol. The SMILES string of the molecule is COc1ccc(C)cc1CC(O)C1(C)CCCO1. The van der Waals surface area contributed by atoms with Gasteiger partial charge in [-0.1, -0.05) is 17.7 Å². The van der Waals surface area contributed by atoms with Crippen molar-refractivity contribution in [3.8, 4) is 5.75 Å². The van der Waals surface area contributed by atoms with Gasteiger partial charge in [0, 0.05) is 13.0 Å². The lowest BCUT2D eigenvalue weighted by Crippen LogP contribution is -2.40. The standard InChI is InChI=1S/C15H22O3/c1-11-5-6-13(17-3)12(9-11)10-14(16)15(2)7-4-8-18-15/h5-6,9,14,16H,4,7-8,10H2,1-3H3. The number of hydrogen-bond acceptors (Lipinski definition) is 3. The van der Waals surface area contributed by atoms with Gasteiger partial charge in [0.15, 0.2) is 0 Å². The summed E-state index contributed by atoms with van der Waals surface area (Å²) in [5, 5.41) is 10.4. The highest BCUT2D eigenvalue weighted by Crippen LogP contribution is 2.32. The molecule has 1 saturated heterocycles. The number of aliphatic hydroxyl groups excluding tert-OH is 1. The lowest BCUT2D eigenvalue weighted by molar-refractivity contribution is -0.0769. The lowest BCUT2D eigenvalue weighted by Gasteiger charge is -2.29. The summed E-state index contributed by atoms with van der Waals surface area (Å²) in [6, 6.07) is 6.04. The zero-order valence-corrected chi connectivity index (χ0v) is 11.4. The first-order valence-corrected chi connectivity index (χ1v) is 6.51. The van der Waals surface area contributed by atoms with Crippen LogP contribution < -0.4 is 4.74 Å². The molecule has 2 rings (SSSR count). The topological polar surface area (TPSA) is 38.7 Å². The van der Waals surface area contributed by atoms with Gasteiger partial charge in [-0.2, -0.15) is 0 Å². The molecule has 0 radical (unpaired) electrons. The molecule has 3 nitrogen and oxygen atoms in total. The number of aryl methyl sites for hydroxylation is 1. The molecule has 0 spiro atoms. The average molecular weight is 250 g/mol. The van der Waals surface area contributed by atoms with Gasteiger partial charge in [0.1, 0.15) is 5.75 Å². The Balaban J connectivity index is 2.15. The van der Waals surface area contributed by atoms with Crippen molar-refractivity contribution in [3.05, 3.63) is 29.3 Å². The number of methoxy groups -OCH3 is 1. The third kappa shape index (κ3) is 2.68. The molecule has 0 aliphatic carbocycles. The van der Waals surface area contributed by atoms with Crippen molar-refractivity contribution in [3.63, 3.8) is 0 Å². The average Bonchev–Trinajstić information content (AvgIpc) is 2.78. The maximum Gasteiger partial charge on any atom is 0.122 e. The minimum absolute atomic E-state index is 0.408. The van der Waals surface area contributed by atoms with E-state index in [2.05, 4.69) is 6.07 Å². The summed E-state index contributed by atoms with van der Waals surface area (Å²) in [7, 11) is 1.66. The quantitative estimate of drug-likeness (QED) is 0.892. The number of hydrogen-bond donors (Lipinski definition) is 1. The van der Waals surface area contributed by atoms with Crippen molar-refractivity contribution in [1.29, 1.82) is 0 Å². The van der Waals surface area contributed by atoms with Crippen LogP contribution >= 0.6 is 0 Å². The molecule has 1 aromatic rings. The molecule has 0 bridgehead atoms. The molecule has 0 saturated carbocycles. The summed E-state index contributed by atoms with van der Waals surface area (Å²) < 4.78 is 11.0. The fourth-order valence-corrected chi connectivity index (χ4v) is 2.55. The number of aliphatic hydroxyl groups is 1. The molecule has 1 aliphatic heterocycles. The number of benzene rings is 1. The Morgan fingerprint density at radius 3 is 2.89 bits per heavy atom. The summed E-state index contributed by atoms with van der Waals surface area (Å²) in [6.45, 7) is 4.79. The van der Waals surface area contributed by atoms with Crippen molar-refractivity contribution in [1.82, 2.24) is 0 Å². The van der Waals surface area contributed by atoms with Gasteiger partial charge >= 0.3 is 0 Å².